The summed E-state index contributed by atoms with van der Waals surface area (Å²) in [4.78, 5) is 28.3. The van der Waals surface area contributed by atoms with Gasteiger partial charge < -0.3 is 15.5 Å². The van der Waals surface area contributed by atoms with Crippen LogP contribution in [-0.4, -0.2) is 42.4 Å². The number of carbonyl (C=O) groups excluding carboxylic acids is 2. The number of anilines is 1. The first kappa shape index (κ1) is 18.2. The van der Waals surface area contributed by atoms with Crippen molar-refractivity contribution in [2.45, 2.75) is 25.8 Å². The Morgan fingerprint density at radius 2 is 2.09 bits per heavy atom. The average Bonchev–Trinajstić information content (AvgIpc) is 3.07. The fraction of sp³-hybridized carbons (Fsp3) is 0.500. The van der Waals surface area contributed by atoms with Crippen molar-refractivity contribution in [2.75, 3.05) is 24.5 Å². The molecule has 3 rings (SSSR count). The monoisotopic (exact) mass is 401 g/mol. The van der Waals surface area contributed by atoms with Gasteiger partial charge in [0.25, 0.3) is 0 Å². The molecule has 5 nitrogen and oxygen atoms in total. The Kier molecular flexibility index (Phi) is 5.70. The van der Waals surface area contributed by atoms with Crippen molar-refractivity contribution >= 4 is 45.8 Å². The molecule has 0 radical (unpaired) electrons. The Hall–Kier alpha value is -1.11. The molecule has 0 saturated carbocycles. The fourth-order valence-corrected chi connectivity index (χ4v) is 3.41. The van der Waals surface area contributed by atoms with Gasteiger partial charge in [-0.3, -0.25) is 9.59 Å². The van der Waals surface area contributed by atoms with E-state index in [2.05, 4.69) is 15.9 Å². The van der Waals surface area contributed by atoms with Crippen molar-refractivity contribution < 1.29 is 9.59 Å². The van der Waals surface area contributed by atoms with Gasteiger partial charge in [0.2, 0.25) is 11.8 Å². The van der Waals surface area contributed by atoms with Gasteiger partial charge in [-0.15, -0.1) is 12.4 Å². The smallest absolute Gasteiger partial charge is 0.228 e. The maximum absolute atomic E-state index is 12.5. The van der Waals surface area contributed by atoms with Gasteiger partial charge in [0, 0.05) is 42.3 Å². The summed E-state index contributed by atoms with van der Waals surface area (Å²) >= 11 is 3.46. The van der Waals surface area contributed by atoms with E-state index < -0.39 is 0 Å². The summed E-state index contributed by atoms with van der Waals surface area (Å²) in [5.41, 5.74) is 7.80. The topological polar surface area (TPSA) is 66.6 Å². The first-order valence-corrected chi connectivity index (χ1v) is 8.36. The molecule has 2 fully saturated rings. The Labute approximate surface area is 150 Å². The van der Waals surface area contributed by atoms with E-state index >= 15 is 0 Å². The van der Waals surface area contributed by atoms with Crippen LogP contribution in [-0.2, 0) is 9.59 Å². The third-order valence-electron chi connectivity index (χ3n) is 4.46. The molecule has 126 valence electrons. The lowest BCUT2D eigenvalue weighted by atomic mass is 10.1. The van der Waals surface area contributed by atoms with Crippen LogP contribution in [0.3, 0.4) is 0 Å². The zero-order valence-corrected chi connectivity index (χ0v) is 15.4. The standard InChI is InChI=1S/C16H20BrN3O2.ClH/c1-10-6-13(2-3-14(10)17)20-8-11(7-15(20)21)16(22)19-5-4-12(18)9-19;/h2-3,6,11-12H,4-5,7-9,18H2,1H3;1H/t11?,12-;/m1./s1. The van der Waals surface area contributed by atoms with Gasteiger partial charge >= 0.3 is 0 Å². The number of amides is 2. The van der Waals surface area contributed by atoms with Crippen LogP contribution in [0.5, 0.6) is 0 Å². The fourth-order valence-electron chi connectivity index (χ4n) is 3.16. The zero-order chi connectivity index (χ0) is 15.9. The molecule has 0 aromatic heterocycles. The van der Waals surface area contributed by atoms with Crippen LogP contribution >= 0.6 is 28.3 Å². The summed E-state index contributed by atoms with van der Waals surface area (Å²) in [6.45, 7) is 3.77. The highest BCUT2D eigenvalue weighted by atomic mass is 79.9. The van der Waals surface area contributed by atoms with Gasteiger partial charge in [-0.1, -0.05) is 15.9 Å². The lowest BCUT2D eigenvalue weighted by molar-refractivity contribution is -0.134. The number of benzene rings is 1. The van der Waals surface area contributed by atoms with Crippen molar-refractivity contribution in [1.29, 1.82) is 0 Å². The molecule has 2 amide bonds. The summed E-state index contributed by atoms with van der Waals surface area (Å²) in [6, 6.07) is 5.90. The maximum Gasteiger partial charge on any atom is 0.228 e. The molecule has 2 heterocycles. The highest BCUT2D eigenvalue weighted by Gasteiger charge is 2.38. The minimum atomic E-state index is -0.248. The van der Waals surface area contributed by atoms with Gasteiger partial charge in [-0.05, 0) is 37.1 Å². The summed E-state index contributed by atoms with van der Waals surface area (Å²) < 4.78 is 1.02. The highest BCUT2D eigenvalue weighted by Crippen LogP contribution is 2.29. The van der Waals surface area contributed by atoms with Gasteiger partial charge in [-0.2, -0.15) is 0 Å². The Morgan fingerprint density at radius 1 is 1.35 bits per heavy atom. The number of nitrogens with two attached hydrogens (primary N) is 1. The number of rotatable bonds is 2. The number of likely N-dealkylation sites (tertiary alicyclic amines) is 1. The largest absolute Gasteiger partial charge is 0.341 e. The predicted octanol–water partition coefficient (Wildman–Crippen LogP) is 2.09. The average molecular weight is 403 g/mol. The van der Waals surface area contributed by atoms with Gasteiger partial charge in [-0.25, -0.2) is 0 Å². The van der Waals surface area contributed by atoms with Gasteiger partial charge in [0.15, 0.2) is 0 Å². The third kappa shape index (κ3) is 3.70. The number of carbonyl (C=O) groups is 2. The molecular formula is C16H21BrClN3O2. The van der Waals surface area contributed by atoms with Crippen molar-refractivity contribution in [3.05, 3.63) is 28.2 Å². The van der Waals surface area contributed by atoms with Crippen molar-refractivity contribution in [3.8, 4) is 0 Å². The molecule has 1 aromatic carbocycles. The predicted molar refractivity (Wildman–Crippen MR) is 95.8 cm³/mol. The second-order valence-corrected chi connectivity index (χ2v) is 7.03. The number of aryl methyl sites for hydroxylation is 1. The first-order valence-electron chi connectivity index (χ1n) is 7.56. The first-order chi connectivity index (χ1) is 10.5. The molecule has 2 aliphatic rings. The van der Waals surface area contributed by atoms with Crippen LogP contribution < -0.4 is 10.6 Å². The van der Waals surface area contributed by atoms with E-state index in [9.17, 15) is 9.59 Å². The molecule has 1 aromatic rings. The third-order valence-corrected chi connectivity index (χ3v) is 5.35. The zero-order valence-electron chi connectivity index (χ0n) is 13.0. The van der Waals surface area contributed by atoms with E-state index in [0.717, 1.165) is 22.1 Å². The second kappa shape index (κ2) is 7.20. The summed E-state index contributed by atoms with van der Waals surface area (Å²) in [5.74, 6) is -0.164. The molecule has 23 heavy (non-hydrogen) atoms. The Balaban J connectivity index is 0.00000192. The molecule has 0 spiro atoms. The van der Waals surface area contributed by atoms with E-state index in [1.165, 1.54) is 0 Å². The van der Waals surface area contributed by atoms with Crippen LogP contribution in [0.25, 0.3) is 0 Å². The van der Waals surface area contributed by atoms with Crippen LogP contribution in [0.4, 0.5) is 5.69 Å². The molecule has 0 aliphatic carbocycles. The lowest BCUT2D eigenvalue weighted by Gasteiger charge is -2.21. The number of hydrogen-bond donors (Lipinski definition) is 1. The summed E-state index contributed by atoms with van der Waals surface area (Å²) in [7, 11) is 0. The maximum atomic E-state index is 12.5. The van der Waals surface area contributed by atoms with Gasteiger partial charge in [0.1, 0.15) is 0 Å². The van der Waals surface area contributed by atoms with E-state index in [4.69, 9.17) is 5.73 Å². The molecular weight excluding hydrogens is 382 g/mol. The number of nitrogens with zero attached hydrogens (tertiary/aromatic N) is 2. The second-order valence-electron chi connectivity index (χ2n) is 6.17. The molecule has 2 atom stereocenters. The van der Waals surface area contributed by atoms with E-state index in [0.29, 0.717) is 26.1 Å². The van der Waals surface area contributed by atoms with E-state index in [1.54, 1.807) is 9.80 Å². The Morgan fingerprint density at radius 3 is 2.70 bits per heavy atom. The van der Waals surface area contributed by atoms with Crippen molar-refractivity contribution in [3.63, 3.8) is 0 Å². The van der Waals surface area contributed by atoms with E-state index in [-0.39, 0.29) is 36.2 Å². The molecule has 1 unspecified atom stereocenters. The van der Waals surface area contributed by atoms with Crippen molar-refractivity contribution in [1.82, 2.24) is 4.90 Å². The lowest BCUT2D eigenvalue weighted by Crippen LogP contribution is -2.37. The SMILES string of the molecule is Cc1cc(N2CC(C(=O)N3CC[C@@H](N)C3)CC2=O)ccc1Br.Cl. The quantitative estimate of drug-likeness (QED) is 0.824. The van der Waals surface area contributed by atoms with E-state index in [1.807, 2.05) is 25.1 Å². The van der Waals surface area contributed by atoms with Crippen LogP contribution in [0.15, 0.2) is 22.7 Å². The molecule has 2 saturated heterocycles. The minimum Gasteiger partial charge on any atom is -0.341 e. The molecule has 7 heteroatoms. The summed E-state index contributed by atoms with van der Waals surface area (Å²) in [5, 5.41) is 0. The van der Waals surface area contributed by atoms with Gasteiger partial charge in [0.05, 0.1) is 5.92 Å². The normalized spacial score (nSPS) is 24.0. The minimum absolute atomic E-state index is 0. The number of halogens is 2. The van der Waals surface area contributed by atoms with Crippen LogP contribution in [0, 0.1) is 12.8 Å². The van der Waals surface area contributed by atoms with Crippen molar-refractivity contribution in [2.24, 2.45) is 11.7 Å². The molecule has 0 bridgehead atoms. The molecule has 2 N–H and O–H groups in total. The number of hydrogen-bond acceptors (Lipinski definition) is 3. The summed E-state index contributed by atoms with van der Waals surface area (Å²) in [6.07, 6.45) is 1.14. The Bertz CT molecular complexity index is 625. The van der Waals surface area contributed by atoms with Crippen LogP contribution in [0.2, 0.25) is 0 Å². The molecule has 2 aliphatic heterocycles. The highest BCUT2D eigenvalue weighted by molar-refractivity contribution is 9.10. The van der Waals surface area contributed by atoms with Crippen LogP contribution in [0.1, 0.15) is 18.4 Å².